The summed E-state index contributed by atoms with van der Waals surface area (Å²) in [5, 5.41) is 24.5. The molecule has 0 spiro atoms. The lowest BCUT2D eigenvalue weighted by atomic mass is 9.90. The fourth-order valence-electron chi connectivity index (χ4n) is 17.1. The summed E-state index contributed by atoms with van der Waals surface area (Å²) in [5.74, 6) is 0.927. The summed E-state index contributed by atoms with van der Waals surface area (Å²) in [7, 11) is -13.1. The summed E-state index contributed by atoms with van der Waals surface area (Å²) in [6, 6.07) is 55.8. The largest absolute Gasteiger partial charge is 0.333 e. The average Bonchev–Trinajstić information content (AvgIpc) is 1.63. The number of fused-ring (bicyclic) bond motifs is 2. The number of aromatic nitrogens is 6. The average molecular weight is 1990 g/mol. The predicted molar refractivity (Wildman–Crippen MR) is 557 cm³/mol. The third-order valence-electron chi connectivity index (χ3n) is 24.0. The van der Waals surface area contributed by atoms with Gasteiger partial charge in [-0.2, -0.15) is 66.2 Å². The van der Waals surface area contributed by atoms with E-state index in [0.29, 0.717) is 39.9 Å². The lowest BCUT2D eigenvalue weighted by Gasteiger charge is -2.24. The predicted octanol–water partition coefficient (Wildman–Crippen LogP) is 19.8. The minimum Gasteiger partial charge on any atom is -0.307 e. The van der Waals surface area contributed by atoms with Crippen molar-refractivity contribution in [2.45, 2.75) is 250 Å². The van der Waals surface area contributed by atoms with Crippen molar-refractivity contribution in [1.82, 2.24) is 65.5 Å². The summed E-state index contributed by atoms with van der Waals surface area (Å²) in [5.41, 5.74) is 21.3. The Morgan fingerprint density at radius 1 is 0.350 bits per heavy atom. The summed E-state index contributed by atoms with van der Waals surface area (Å²) in [4.78, 5) is 56.6. The summed E-state index contributed by atoms with van der Waals surface area (Å²) in [6.45, 7) is 35.1. The minimum absolute atomic E-state index is 0.00739. The summed E-state index contributed by atoms with van der Waals surface area (Å²) < 4.78 is 126. The Bertz CT molecular complexity index is 6550. The monoisotopic (exact) mass is 1980 g/mol. The molecule has 0 radical (unpaired) electrons. The number of amides is 8. The number of nitrogens with one attached hydrogen (secondary N) is 8. The Kier molecular flexibility index (Phi) is 37.5. The third kappa shape index (κ3) is 30.3. The highest BCUT2D eigenvalue weighted by molar-refractivity contribution is 7.88. The Morgan fingerprint density at radius 3 is 0.921 bits per heavy atom. The first-order chi connectivity index (χ1) is 66.3. The van der Waals surface area contributed by atoms with Gasteiger partial charge >= 0.3 is 65.0 Å². The molecule has 0 fully saturated rings. The van der Waals surface area contributed by atoms with Gasteiger partial charge in [0.1, 0.15) is 0 Å². The van der Waals surface area contributed by atoms with Crippen molar-refractivity contribution in [2.75, 3.05) is 27.8 Å². The minimum atomic E-state index is -4.18. The van der Waals surface area contributed by atoms with Crippen molar-refractivity contribution >= 4 is 93.4 Å². The molecule has 3 aromatic heterocycles. The number of rotatable bonds is 35. The Labute approximate surface area is 827 Å². The fourth-order valence-corrected chi connectivity index (χ4v) is 21.2. The molecule has 140 heavy (non-hydrogen) atoms. The molecule has 1 unspecified atom stereocenters. The number of urea groups is 4. The molecule has 1 atom stereocenters. The van der Waals surface area contributed by atoms with E-state index >= 15 is 0 Å². The maximum absolute atomic E-state index is 13.5. The first-order valence-electron chi connectivity index (χ1n) is 47.6. The molecule has 31 nitrogen and oxygen atoms in total. The van der Waals surface area contributed by atoms with Gasteiger partial charge in [0.05, 0.1) is 55.0 Å². The van der Waals surface area contributed by atoms with Gasteiger partial charge in [0.2, 0.25) is 0 Å². The second-order valence-electron chi connectivity index (χ2n) is 37.9. The number of anilines is 4. The molecule has 0 bridgehead atoms. The van der Waals surface area contributed by atoms with Gasteiger partial charge in [-0.05, 0) is 211 Å². The molecule has 1 aliphatic heterocycles. The highest BCUT2D eigenvalue weighted by atomic mass is 32.2. The number of hydrogen-bond donors (Lipinski definition) is 8. The number of benzene rings is 8. The third-order valence-corrected chi connectivity index (χ3v) is 29.6. The zero-order valence-corrected chi connectivity index (χ0v) is 87.0. The molecule has 8 N–H and O–H groups in total. The van der Waals surface area contributed by atoms with Gasteiger partial charge in [-0.25, -0.2) is 38.1 Å². The van der Waals surface area contributed by atoms with E-state index in [1.54, 1.807) is 52.7 Å². The number of carbonyl (C=O) groups excluding carboxylic acids is 4. The van der Waals surface area contributed by atoms with Crippen LogP contribution in [0.15, 0.2) is 224 Å². The van der Waals surface area contributed by atoms with Crippen LogP contribution in [-0.2, 0) is 126 Å². The van der Waals surface area contributed by atoms with Crippen LogP contribution in [0, 0.1) is 13.8 Å². The second-order valence-corrected chi connectivity index (χ2v) is 44.6. The first-order valence-corrected chi connectivity index (χ1v) is 53.4. The van der Waals surface area contributed by atoms with Crippen LogP contribution in [0.25, 0.3) is 0 Å². The fraction of sp³-hybridized carbons (Fsp3) is 0.390. The SMILES string of the molecule is CC(C)c1cccc(C(C)C)c1NC(=O)NS(=O)(=O)N(Cc1ccccc1)Cc1ccn(C)n1.CC(C)n1ccc(CN(Cc2ccccc2)S(=O)(=O)NC(=O)Nc2c3c(cc4c2CCC4)CCC3)n1.Cc1cc(C(C)C)c(NC(=O)NS(=O)(=O)N(CC2=NC(C)C=C2)Cc2ccccc2)c(C(C)C)c1.Cc1cc(C(C)C)c(NC(=O)NS(=O)(=O)N(Cc2ccccc2)Cc2ccn(C)n2)c(C(C)C)c1. The van der Waals surface area contributed by atoms with Crippen LogP contribution in [0.5, 0.6) is 0 Å². The first kappa shape index (κ1) is 108. The molecular formula is C105H137N19O12S4. The zero-order chi connectivity index (χ0) is 102. The zero-order valence-electron chi connectivity index (χ0n) is 83.8. The van der Waals surface area contributed by atoms with E-state index in [2.05, 4.69) is 94.2 Å². The van der Waals surface area contributed by atoms with Crippen LogP contribution < -0.4 is 40.2 Å². The number of nitrogens with zero attached hydrogens (tertiary/aromatic N) is 11. The van der Waals surface area contributed by atoms with E-state index in [9.17, 15) is 52.8 Å². The van der Waals surface area contributed by atoms with Crippen molar-refractivity contribution in [3.63, 3.8) is 0 Å². The van der Waals surface area contributed by atoms with Gasteiger partial charge in [0, 0.05) is 87.7 Å². The van der Waals surface area contributed by atoms with Crippen LogP contribution in [0.2, 0.25) is 0 Å². The van der Waals surface area contributed by atoms with E-state index in [1.165, 1.54) is 28.3 Å². The molecule has 14 rings (SSSR count). The number of aryl methyl sites for hydroxylation is 6. The van der Waals surface area contributed by atoms with Crippen LogP contribution >= 0.6 is 0 Å². The quantitative estimate of drug-likeness (QED) is 0.0183. The van der Waals surface area contributed by atoms with E-state index in [4.69, 9.17) is 0 Å². The number of carbonyl (C=O) groups is 4. The van der Waals surface area contributed by atoms with Crippen LogP contribution in [0.1, 0.15) is 264 Å². The van der Waals surface area contributed by atoms with Crippen molar-refractivity contribution < 1.29 is 52.8 Å². The van der Waals surface area contributed by atoms with Crippen molar-refractivity contribution in [2.24, 2.45) is 19.1 Å². The molecule has 2 aliphatic carbocycles. The Hall–Kier alpha value is -12.5. The van der Waals surface area contributed by atoms with Crippen LogP contribution in [0.4, 0.5) is 41.9 Å². The molecule has 748 valence electrons. The summed E-state index contributed by atoms with van der Waals surface area (Å²) >= 11 is 0. The number of para-hydroxylation sites is 1. The molecule has 35 heteroatoms. The molecule has 11 aromatic rings. The molecular weight excluding hydrogens is 1850 g/mol. The van der Waals surface area contributed by atoms with E-state index < -0.39 is 65.0 Å². The lowest BCUT2D eigenvalue weighted by molar-refractivity contribution is 0.254. The van der Waals surface area contributed by atoms with Crippen molar-refractivity contribution in [3.05, 3.63) is 325 Å². The molecule has 3 aliphatic rings. The summed E-state index contributed by atoms with van der Waals surface area (Å²) in [6.07, 6.45) is 15.0. The Balaban J connectivity index is 0.000000179. The molecule has 8 aromatic carbocycles. The van der Waals surface area contributed by atoms with Crippen LogP contribution in [0.3, 0.4) is 0 Å². The molecule has 8 amide bonds. The molecule has 0 saturated carbocycles. The van der Waals surface area contributed by atoms with Gasteiger partial charge < -0.3 is 21.3 Å². The van der Waals surface area contributed by atoms with Gasteiger partial charge in [-0.1, -0.05) is 270 Å². The number of aliphatic imine (C=N–C) groups is 1. The highest BCUT2D eigenvalue weighted by Crippen LogP contribution is 2.41. The maximum atomic E-state index is 13.5. The van der Waals surface area contributed by atoms with Crippen molar-refractivity contribution in [1.29, 1.82) is 0 Å². The maximum Gasteiger partial charge on any atom is 0.333 e. The van der Waals surface area contributed by atoms with E-state index in [1.807, 2.05) is 278 Å². The van der Waals surface area contributed by atoms with Gasteiger partial charge in [-0.15, -0.1) is 0 Å². The van der Waals surface area contributed by atoms with Gasteiger partial charge in [0.25, 0.3) is 0 Å². The Morgan fingerprint density at radius 2 is 0.643 bits per heavy atom. The number of hydrogen-bond acceptors (Lipinski definition) is 16. The van der Waals surface area contributed by atoms with Crippen LogP contribution in [-0.4, -0.2) is 123 Å². The van der Waals surface area contributed by atoms with E-state index in [-0.39, 0.29) is 99.9 Å². The molecule has 0 saturated heterocycles. The highest BCUT2D eigenvalue weighted by Gasteiger charge is 2.35. The standard InChI is InChI=1S/C27H33N5O3S.C27H36N4O3S.C26H35N5O3S.C25H33N5O3S/c1-19(2)32-15-14-23(29-32)18-31(17-20-8-4-3-5-9-20)36(34,35)30-27(33)28-26-24-12-6-10-21(24)16-22-11-7-13-25(22)26;1-18(2)24-14-20(5)15-25(19(3)4)26(24)29-27(32)30-35(33,34)31(16-22-10-8-7-9-11-22)17-23-13-12-21(6)28-23;1-18(2)23-14-20(5)15-24(19(3)4)25(23)27-26(32)29-35(33,34)31(16-21-10-8-7-9-11-21)17-22-12-13-30(6)28-22;1-18(2)22-12-9-13-23(19(3)4)24(22)26-25(31)28-34(32,33)30(16-20-10-7-6-8-11-20)17-21-14-15-29(5)27-21/h3-5,8-9,14-16,19H,6-7,10-13,17-18H2,1-2H3,(H2,28,30,33);7-15,18-19,21H,16-17H2,1-6H3,(H2,29,30,32);7-15,18-19H,16-17H2,1-6H3,(H2,27,29,32);6-15,18-19H,16-17H2,1-5H3,(H2,26,28,31). The topological polar surface area (TPSA) is 380 Å². The van der Waals surface area contributed by atoms with Crippen molar-refractivity contribution in [3.8, 4) is 0 Å². The van der Waals surface area contributed by atoms with Gasteiger partial charge in [-0.3, -0.25) is 19.0 Å². The normalized spacial score (nSPS) is 13.6. The molecule has 4 heterocycles. The van der Waals surface area contributed by atoms with Gasteiger partial charge in [0.15, 0.2) is 0 Å². The lowest BCUT2D eigenvalue weighted by Crippen LogP contribution is -2.46. The van der Waals surface area contributed by atoms with E-state index in [0.717, 1.165) is 122 Å². The second kappa shape index (κ2) is 48.6. The smallest absolute Gasteiger partial charge is 0.307 e.